The molecule has 0 bridgehead atoms. The normalized spacial score (nSPS) is 29.7. The molecule has 0 aromatic heterocycles. The second-order valence-electron chi connectivity index (χ2n) is 13.9. The van der Waals surface area contributed by atoms with Gasteiger partial charge in [0.15, 0.2) is 0 Å². The van der Waals surface area contributed by atoms with E-state index in [4.69, 9.17) is 5.73 Å². The molecule has 5 N–H and O–H groups in total. The van der Waals surface area contributed by atoms with Crippen molar-refractivity contribution in [3.8, 4) is 0 Å². The number of rotatable bonds is 8. The number of piperidine rings is 1. The first-order chi connectivity index (χ1) is 16.9. The van der Waals surface area contributed by atoms with Gasteiger partial charge in [-0.15, -0.1) is 0 Å². The minimum absolute atomic E-state index is 0.0322. The van der Waals surface area contributed by atoms with E-state index in [1.165, 1.54) is 0 Å². The number of hydrogen-bond donors (Lipinski definition) is 4. The Morgan fingerprint density at radius 1 is 1.05 bits per heavy atom. The molecule has 0 radical (unpaired) electrons. The summed E-state index contributed by atoms with van der Waals surface area (Å²) in [6.07, 6.45) is 2.53. The lowest BCUT2D eigenvalue weighted by Crippen LogP contribution is -2.62. The molecule has 0 spiro atoms. The fourth-order valence-corrected chi connectivity index (χ4v) is 6.10. The maximum Gasteiger partial charge on any atom is 0.315 e. The molecule has 1 heterocycles. The zero-order chi connectivity index (χ0) is 28.1. The second-order valence-corrected chi connectivity index (χ2v) is 13.9. The molecule has 5 amide bonds. The smallest absolute Gasteiger partial charge is 0.315 e. The van der Waals surface area contributed by atoms with Gasteiger partial charge in [0.25, 0.3) is 0 Å². The standard InChI is InChI=1S/C27H45N5O5/c1-25(2,3)20(30-24(37)31-26(4,5)6)23(36)32-12-17-18(27(17,7)8)19(32)22(35)29-15(13-33)11-14-9-10-16(14)21(28)34/h13-20H,9-12H2,1-8H3,(H2,28,34)(H,29,35)(H2,30,31,37)/t14?,15?,16?,17-,18-,19-,20?/m0/s1. The second kappa shape index (κ2) is 9.91. The number of amides is 5. The SMILES string of the molecule is CC(C)(C)NC(=O)NC(C(=O)N1C[C@H]2[C@@H]([C@H]1C(=O)NC(C=O)CC1CCC1C(N)=O)C2(C)C)C(C)(C)C. The summed E-state index contributed by atoms with van der Waals surface area (Å²) in [6.45, 7) is 15.8. The molecule has 37 heavy (non-hydrogen) atoms. The van der Waals surface area contributed by atoms with Gasteiger partial charge in [0.05, 0.1) is 6.04 Å². The van der Waals surface area contributed by atoms with Crippen LogP contribution in [0.2, 0.25) is 0 Å². The topological polar surface area (TPSA) is 151 Å². The van der Waals surface area contributed by atoms with Crippen molar-refractivity contribution in [1.82, 2.24) is 20.9 Å². The van der Waals surface area contributed by atoms with Crippen LogP contribution in [0, 0.1) is 34.5 Å². The highest BCUT2D eigenvalue weighted by Crippen LogP contribution is 2.65. The van der Waals surface area contributed by atoms with E-state index in [1.54, 1.807) is 4.90 Å². The number of fused-ring (bicyclic) bond motifs is 1. The molecule has 4 unspecified atom stereocenters. The van der Waals surface area contributed by atoms with Crippen LogP contribution in [0.1, 0.15) is 74.7 Å². The van der Waals surface area contributed by atoms with Gasteiger partial charge in [0.2, 0.25) is 17.7 Å². The van der Waals surface area contributed by atoms with Crippen LogP contribution in [0.3, 0.4) is 0 Å². The van der Waals surface area contributed by atoms with E-state index >= 15 is 0 Å². The van der Waals surface area contributed by atoms with Crippen LogP contribution in [0.25, 0.3) is 0 Å². The summed E-state index contributed by atoms with van der Waals surface area (Å²) >= 11 is 0. The Labute approximate surface area is 220 Å². The van der Waals surface area contributed by atoms with Crippen molar-refractivity contribution < 1.29 is 24.0 Å². The molecule has 2 aliphatic carbocycles. The predicted octanol–water partition coefficient (Wildman–Crippen LogP) is 1.57. The minimum Gasteiger partial charge on any atom is -0.369 e. The van der Waals surface area contributed by atoms with Gasteiger partial charge in [-0.2, -0.15) is 0 Å². The Morgan fingerprint density at radius 3 is 2.14 bits per heavy atom. The Morgan fingerprint density at radius 2 is 1.68 bits per heavy atom. The Bertz CT molecular complexity index is 950. The van der Waals surface area contributed by atoms with Gasteiger partial charge >= 0.3 is 6.03 Å². The highest BCUT2D eigenvalue weighted by molar-refractivity contribution is 5.94. The first-order valence-electron chi connectivity index (χ1n) is 13.3. The number of carbonyl (C=O) groups excluding carboxylic acids is 5. The lowest BCUT2D eigenvalue weighted by atomic mass is 9.70. The molecule has 1 saturated heterocycles. The average molecular weight is 520 g/mol. The van der Waals surface area contributed by atoms with E-state index in [9.17, 15) is 24.0 Å². The summed E-state index contributed by atoms with van der Waals surface area (Å²) in [5.74, 6) is -1.23. The number of nitrogens with zero attached hydrogens (tertiary/aromatic N) is 1. The number of hydrogen-bond acceptors (Lipinski definition) is 5. The quantitative estimate of drug-likeness (QED) is 0.359. The number of nitrogens with one attached hydrogen (secondary N) is 3. The highest BCUT2D eigenvalue weighted by Gasteiger charge is 2.69. The minimum atomic E-state index is -0.848. The molecule has 1 aliphatic heterocycles. The number of likely N-dealkylation sites (tertiary alicyclic amines) is 1. The van der Waals surface area contributed by atoms with Crippen molar-refractivity contribution in [2.75, 3.05) is 6.54 Å². The van der Waals surface area contributed by atoms with Gasteiger partial charge in [0.1, 0.15) is 18.4 Å². The van der Waals surface area contributed by atoms with E-state index in [0.717, 1.165) is 6.42 Å². The largest absolute Gasteiger partial charge is 0.369 e. The van der Waals surface area contributed by atoms with Gasteiger partial charge in [-0.05, 0) is 68.6 Å². The molecular weight excluding hydrogens is 474 g/mol. The zero-order valence-electron chi connectivity index (χ0n) is 23.5. The van der Waals surface area contributed by atoms with Crippen molar-refractivity contribution in [3.63, 3.8) is 0 Å². The van der Waals surface area contributed by atoms with Crippen LogP contribution in [0.15, 0.2) is 0 Å². The molecule has 7 atom stereocenters. The summed E-state index contributed by atoms with van der Waals surface area (Å²) in [4.78, 5) is 65.2. The highest BCUT2D eigenvalue weighted by atomic mass is 16.2. The number of aldehydes is 1. The third kappa shape index (κ3) is 6.09. The van der Waals surface area contributed by atoms with Crippen LogP contribution < -0.4 is 21.7 Å². The van der Waals surface area contributed by atoms with E-state index in [-0.39, 0.29) is 46.8 Å². The first kappa shape index (κ1) is 28.9. The molecule has 0 aromatic carbocycles. The molecule has 10 nitrogen and oxygen atoms in total. The summed E-state index contributed by atoms with van der Waals surface area (Å²) < 4.78 is 0. The van der Waals surface area contributed by atoms with Crippen molar-refractivity contribution in [2.45, 2.75) is 98.3 Å². The summed E-state index contributed by atoms with van der Waals surface area (Å²) in [7, 11) is 0. The monoisotopic (exact) mass is 519 g/mol. The number of urea groups is 1. The van der Waals surface area contributed by atoms with Crippen LogP contribution in [0.5, 0.6) is 0 Å². The molecule has 3 fully saturated rings. The lowest BCUT2D eigenvalue weighted by Gasteiger charge is -2.39. The molecule has 208 valence electrons. The number of carbonyl (C=O) groups is 5. The van der Waals surface area contributed by atoms with E-state index in [1.807, 2.05) is 41.5 Å². The predicted molar refractivity (Wildman–Crippen MR) is 139 cm³/mol. The average Bonchev–Trinajstić information content (AvgIpc) is 3.06. The molecular formula is C27H45N5O5. The molecule has 0 aromatic rings. The number of primary amides is 1. The van der Waals surface area contributed by atoms with Gasteiger partial charge < -0.3 is 31.4 Å². The van der Waals surface area contributed by atoms with Crippen molar-refractivity contribution in [2.24, 2.45) is 40.2 Å². The van der Waals surface area contributed by atoms with Crippen molar-refractivity contribution >= 4 is 30.0 Å². The third-order valence-corrected chi connectivity index (χ3v) is 8.47. The fraction of sp³-hybridized carbons (Fsp3) is 0.815. The van der Waals surface area contributed by atoms with Crippen LogP contribution >= 0.6 is 0 Å². The van der Waals surface area contributed by atoms with Crippen molar-refractivity contribution in [1.29, 1.82) is 0 Å². The Kier molecular flexibility index (Phi) is 7.74. The van der Waals surface area contributed by atoms with Gasteiger partial charge in [-0.3, -0.25) is 14.4 Å². The van der Waals surface area contributed by atoms with E-state index < -0.39 is 35.1 Å². The van der Waals surface area contributed by atoms with E-state index in [0.29, 0.717) is 25.7 Å². The summed E-state index contributed by atoms with van der Waals surface area (Å²) in [5, 5.41) is 8.51. The maximum atomic E-state index is 13.9. The fourth-order valence-electron chi connectivity index (χ4n) is 6.10. The Hall–Kier alpha value is -2.65. The van der Waals surface area contributed by atoms with Gasteiger partial charge in [0, 0.05) is 18.0 Å². The summed E-state index contributed by atoms with van der Waals surface area (Å²) in [6, 6.07) is -2.79. The van der Waals surface area contributed by atoms with Gasteiger partial charge in [-0.1, -0.05) is 34.6 Å². The lowest BCUT2D eigenvalue weighted by molar-refractivity contribution is -0.144. The van der Waals surface area contributed by atoms with E-state index in [2.05, 4.69) is 29.8 Å². The Balaban J connectivity index is 1.77. The number of nitrogens with two attached hydrogens (primary N) is 1. The first-order valence-corrected chi connectivity index (χ1v) is 13.3. The molecule has 3 aliphatic rings. The van der Waals surface area contributed by atoms with Crippen LogP contribution in [-0.2, 0) is 19.2 Å². The molecule has 2 saturated carbocycles. The maximum absolute atomic E-state index is 13.9. The summed E-state index contributed by atoms with van der Waals surface area (Å²) in [5.41, 5.74) is 4.27. The van der Waals surface area contributed by atoms with Crippen LogP contribution in [0.4, 0.5) is 4.79 Å². The van der Waals surface area contributed by atoms with Gasteiger partial charge in [-0.25, -0.2) is 4.79 Å². The zero-order valence-corrected chi connectivity index (χ0v) is 23.5. The van der Waals surface area contributed by atoms with Crippen molar-refractivity contribution in [3.05, 3.63) is 0 Å². The third-order valence-electron chi connectivity index (χ3n) is 8.47. The van der Waals surface area contributed by atoms with Crippen LogP contribution in [-0.4, -0.2) is 65.1 Å². The molecule has 10 heteroatoms. The molecule has 3 rings (SSSR count).